The Labute approximate surface area is 116 Å². The average Bonchev–Trinajstić information content (AvgIpc) is 3.10. The smallest absolute Gasteiger partial charge is 0.106 e. The molecular weight excluding hydrogens is 256 g/mol. The highest BCUT2D eigenvalue weighted by atomic mass is 32.1. The maximum absolute atomic E-state index is 6.25. The van der Waals surface area contributed by atoms with Crippen molar-refractivity contribution in [3.05, 3.63) is 17.6 Å². The van der Waals surface area contributed by atoms with Crippen LogP contribution in [0.4, 0.5) is 11.4 Å². The lowest BCUT2D eigenvalue weighted by Gasteiger charge is -2.23. The molecule has 3 N–H and O–H groups in total. The minimum atomic E-state index is 0.542. The van der Waals surface area contributed by atoms with E-state index in [1.807, 2.05) is 5.51 Å². The van der Waals surface area contributed by atoms with Crippen molar-refractivity contribution in [1.29, 1.82) is 0 Å². The molecule has 1 aromatic carbocycles. The molecule has 4 nitrogen and oxygen atoms in total. The summed E-state index contributed by atoms with van der Waals surface area (Å²) in [6, 6.07) is 5.46. The highest BCUT2D eigenvalue weighted by molar-refractivity contribution is 7.16. The molecule has 2 unspecified atom stereocenters. The van der Waals surface area contributed by atoms with Gasteiger partial charge in [0.1, 0.15) is 5.52 Å². The molecule has 2 aliphatic rings. The number of nitrogens with two attached hydrogens (primary N) is 1. The zero-order valence-corrected chi connectivity index (χ0v) is 11.6. The number of thiazole rings is 1. The maximum atomic E-state index is 6.25. The summed E-state index contributed by atoms with van der Waals surface area (Å²) in [6.45, 7) is 2.49. The van der Waals surface area contributed by atoms with E-state index in [-0.39, 0.29) is 0 Å². The van der Waals surface area contributed by atoms with Gasteiger partial charge in [-0.1, -0.05) is 0 Å². The van der Waals surface area contributed by atoms with Crippen LogP contribution in [0.25, 0.3) is 10.2 Å². The van der Waals surface area contributed by atoms with Crippen LogP contribution in [0.1, 0.15) is 19.3 Å². The Bertz CT molecular complexity index is 609. The van der Waals surface area contributed by atoms with Crippen LogP contribution in [0.15, 0.2) is 17.6 Å². The first-order chi connectivity index (χ1) is 9.33. The number of benzene rings is 1. The average molecular weight is 274 g/mol. The van der Waals surface area contributed by atoms with Gasteiger partial charge in [0, 0.05) is 18.6 Å². The highest BCUT2D eigenvalue weighted by Crippen LogP contribution is 2.34. The second kappa shape index (κ2) is 4.35. The Hall–Kier alpha value is -1.33. The van der Waals surface area contributed by atoms with Crippen molar-refractivity contribution in [3.63, 3.8) is 0 Å². The van der Waals surface area contributed by atoms with Crippen molar-refractivity contribution in [1.82, 2.24) is 9.88 Å². The number of aromatic nitrogens is 1. The molecule has 0 amide bonds. The zero-order valence-electron chi connectivity index (χ0n) is 10.8. The molecule has 2 saturated heterocycles. The molecule has 1 aromatic heterocycles. The van der Waals surface area contributed by atoms with E-state index in [2.05, 4.69) is 27.3 Å². The fraction of sp³-hybridized carbons (Fsp3) is 0.500. The van der Waals surface area contributed by atoms with Gasteiger partial charge in [-0.2, -0.15) is 0 Å². The number of nitrogen functional groups attached to an aromatic ring is 1. The number of hydrogen-bond acceptors (Lipinski definition) is 5. The predicted octanol–water partition coefficient (Wildman–Crippen LogP) is 2.53. The summed E-state index contributed by atoms with van der Waals surface area (Å²) < 4.78 is 1.16. The first kappa shape index (κ1) is 11.5. The molecule has 100 valence electrons. The topological polar surface area (TPSA) is 54.2 Å². The van der Waals surface area contributed by atoms with E-state index in [0.29, 0.717) is 12.1 Å². The number of rotatable bonds is 2. The molecule has 0 spiro atoms. The standard InChI is InChI=1S/C14H18N4S/c15-13-10(3-4-12-14(13)16-8-19-12)17-9-5-7-18-6-1-2-11(9)18/h3-4,8-9,11,17H,1-2,5-7,15H2. The molecule has 2 aliphatic heterocycles. The van der Waals surface area contributed by atoms with Crippen molar-refractivity contribution in [2.24, 2.45) is 0 Å². The number of nitrogens with one attached hydrogen (secondary N) is 1. The Kier molecular flexibility index (Phi) is 2.63. The minimum Gasteiger partial charge on any atom is -0.395 e. The highest BCUT2D eigenvalue weighted by Gasteiger charge is 2.37. The van der Waals surface area contributed by atoms with Gasteiger partial charge >= 0.3 is 0 Å². The molecule has 19 heavy (non-hydrogen) atoms. The molecule has 0 aliphatic carbocycles. The lowest BCUT2D eigenvalue weighted by molar-refractivity contribution is 0.318. The summed E-state index contributed by atoms with van der Waals surface area (Å²) >= 11 is 1.64. The number of fused-ring (bicyclic) bond motifs is 2. The second-order valence-electron chi connectivity index (χ2n) is 5.51. The minimum absolute atomic E-state index is 0.542. The quantitative estimate of drug-likeness (QED) is 0.826. The van der Waals surface area contributed by atoms with Gasteiger partial charge in [0.05, 0.1) is 21.6 Å². The van der Waals surface area contributed by atoms with Crippen LogP contribution in [0.2, 0.25) is 0 Å². The summed E-state index contributed by atoms with van der Waals surface area (Å²) in [7, 11) is 0. The second-order valence-corrected chi connectivity index (χ2v) is 6.40. The molecule has 0 bridgehead atoms. The van der Waals surface area contributed by atoms with Gasteiger partial charge in [-0.15, -0.1) is 11.3 Å². The Morgan fingerprint density at radius 3 is 3.21 bits per heavy atom. The van der Waals surface area contributed by atoms with Crippen LogP contribution in [-0.4, -0.2) is 35.1 Å². The summed E-state index contributed by atoms with van der Waals surface area (Å²) in [5, 5.41) is 3.66. The largest absolute Gasteiger partial charge is 0.395 e. The van der Waals surface area contributed by atoms with Crippen molar-refractivity contribution in [2.45, 2.75) is 31.3 Å². The fourth-order valence-electron chi connectivity index (χ4n) is 3.53. The van der Waals surface area contributed by atoms with E-state index in [1.165, 1.54) is 32.4 Å². The van der Waals surface area contributed by atoms with Crippen LogP contribution in [0, 0.1) is 0 Å². The molecule has 0 radical (unpaired) electrons. The van der Waals surface area contributed by atoms with Crippen LogP contribution >= 0.6 is 11.3 Å². The Morgan fingerprint density at radius 1 is 1.32 bits per heavy atom. The van der Waals surface area contributed by atoms with Crippen LogP contribution in [0.5, 0.6) is 0 Å². The molecule has 2 fully saturated rings. The van der Waals surface area contributed by atoms with E-state index in [1.54, 1.807) is 11.3 Å². The van der Waals surface area contributed by atoms with Crippen LogP contribution in [-0.2, 0) is 0 Å². The summed E-state index contributed by atoms with van der Waals surface area (Å²) in [4.78, 5) is 6.97. The van der Waals surface area contributed by atoms with Crippen molar-refractivity contribution in [3.8, 4) is 0 Å². The van der Waals surface area contributed by atoms with E-state index < -0.39 is 0 Å². The summed E-state index contributed by atoms with van der Waals surface area (Å²) in [6.07, 6.45) is 3.87. The molecule has 0 saturated carbocycles. The molecular formula is C14H18N4S. The van der Waals surface area contributed by atoms with Crippen LogP contribution in [0.3, 0.4) is 0 Å². The van der Waals surface area contributed by atoms with Gasteiger partial charge in [0.25, 0.3) is 0 Å². The normalized spacial score (nSPS) is 26.9. The lowest BCUT2D eigenvalue weighted by atomic mass is 10.1. The number of anilines is 2. The molecule has 2 atom stereocenters. The van der Waals surface area contributed by atoms with Gasteiger partial charge in [0.2, 0.25) is 0 Å². The molecule has 2 aromatic rings. The predicted molar refractivity (Wildman–Crippen MR) is 80.7 cm³/mol. The van der Waals surface area contributed by atoms with Gasteiger partial charge in [-0.05, 0) is 37.9 Å². The monoisotopic (exact) mass is 274 g/mol. The van der Waals surface area contributed by atoms with Crippen molar-refractivity contribution >= 4 is 32.9 Å². The first-order valence-electron chi connectivity index (χ1n) is 6.95. The van der Waals surface area contributed by atoms with Gasteiger partial charge in [0.15, 0.2) is 0 Å². The third-order valence-electron chi connectivity index (χ3n) is 4.49. The van der Waals surface area contributed by atoms with E-state index >= 15 is 0 Å². The van der Waals surface area contributed by atoms with Gasteiger partial charge in [-0.25, -0.2) is 4.98 Å². The molecule has 5 heteroatoms. The number of nitrogens with zero attached hydrogens (tertiary/aromatic N) is 2. The first-order valence-corrected chi connectivity index (χ1v) is 7.83. The Morgan fingerprint density at radius 2 is 2.26 bits per heavy atom. The van der Waals surface area contributed by atoms with Gasteiger partial charge < -0.3 is 11.1 Å². The van der Waals surface area contributed by atoms with Crippen LogP contribution < -0.4 is 11.1 Å². The van der Waals surface area contributed by atoms with E-state index in [0.717, 1.165) is 21.6 Å². The summed E-state index contributed by atoms with van der Waals surface area (Å²) in [5.74, 6) is 0. The third-order valence-corrected chi connectivity index (χ3v) is 5.28. The SMILES string of the molecule is Nc1c(NC2CCN3CCCC23)ccc2scnc12. The van der Waals surface area contributed by atoms with Gasteiger partial charge in [-0.3, -0.25) is 4.90 Å². The molecule has 4 rings (SSSR count). The fourth-order valence-corrected chi connectivity index (χ4v) is 4.22. The zero-order chi connectivity index (χ0) is 12.8. The van der Waals surface area contributed by atoms with E-state index in [4.69, 9.17) is 5.73 Å². The number of hydrogen-bond donors (Lipinski definition) is 2. The molecule has 3 heterocycles. The van der Waals surface area contributed by atoms with Crippen molar-refractivity contribution in [2.75, 3.05) is 24.1 Å². The third kappa shape index (κ3) is 1.80. The summed E-state index contributed by atoms with van der Waals surface area (Å²) in [5.41, 5.74) is 10.9. The lowest BCUT2D eigenvalue weighted by Crippen LogP contribution is -2.33. The van der Waals surface area contributed by atoms with E-state index in [9.17, 15) is 0 Å². The van der Waals surface area contributed by atoms with Crippen molar-refractivity contribution < 1.29 is 0 Å². The Balaban J connectivity index is 1.62. The maximum Gasteiger partial charge on any atom is 0.106 e.